The predicted molar refractivity (Wildman–Crippen MR) is 95.7 cm³/mol. The van der Waals surface area contributed by atoms with Crippen LogP contribution in [-0.2, 0) is 10.0 Å². The van der Waals surface area contributed by atoms with Crippen molar-refractivity contribution >= 4 is 21.7 Å². The van der Waals surface area contributed by atoms with Crippen LogP contribution >= 0.6 is 0 Å². The lowest BCUT2D eigenvalue weighted by Gasteiger charge is -2.38. The Labute approximate surface area is 144 Å². The van der Waals surface area contributed by atoms with Crippen LogP contribution in [0.4, 0.5) is 11.6 Å². The van der Waals surface area contributed by atoms with E-state index in [-0.39, 0.29) is 5.75 Å². The highest BCUT2D eigenvalue weighted by molar-refractivity contribution is 7.89. The number of sulfonamides is 1. The summed E-state index contributed by atoms with van der Waals surface area (Å²) in [6.07, 6.45) is 4.09. The first-order valence-corrected chi connectivity index (χ1v) is 10.4. The molecule has 1 N–H and O–H groups in total. The molecule has 2 fully saturated rings. The van der Waals surface area contributed by atoms with E-state index in [2.05, 4.69) is 27.1 Å². The zero-order chi connectivity index (χ0) is 17.2. The molecular formula is C16H27N5O2S. The maximum atomic E-state index is 11.7. The number of rotatable bonds is 6. The lowest BCUT2D eigenvalue weighted by Crippen LogP contribution is -2.52. The van der Waals surface area contributed by atoms with Crippen molar-refractivity contribution in [3.63, 3.8) is 0 Å². The number of nitrogens with one attached hydrogen (secondary N) is 1. The molecule has 2 saturated heterocycles. The first kappa shape index (κ1) is 17.4. The molecule has 1 atom stereocenters. The van der Waals surface area contributed by atoms with Gasteiger partial charge in [-0.25, -0.2) is 22.7 Å². The summed E-state index contributed by atoms with van der Waals surface area (Å²) in [7, 11) is -3.03. The normalized spacial score (nSPS) is 23.1. The van der Waals surface area contributed by atoms with E-state index in [1.54, 1.807) is 17.6 Å². The topological polar surface area (TPSA) is 78.4 Å². The number of nitrogens with zero attached hydrogens (tertiary/aromatic N) is 4. The average molecular weight is 353 g/mol. The van der Waals surface area contributed by atoms with Gasteiger partial charge in [-0.1, -0.05) is 6.92 Å². The van der Waals surface area contributed by atoms with E-state index >= 15 is 0 Å². The Bertz CT molecular complexity index is 660. The van der Waals surface area contributed by atoms with Crippen LogP contribution in [0.15, 0.2) is 12.4 Å². The smallest absolute Gasteiger partial charge is 0.213 e. The Balaban J connectivity index is 1.51. The summed E-state index contributed by atoms with van der Waals surface area (Å²) in [4.78, 5) is 11.0. The fourth-order valence-corrected chi connectivity index (χ4v) is 4.57. The molecule has 3 heterocycles. The molecule has 1 aromatic rings. The number of hydrogen-bond acceptors (Lipinski definition) is 6. The summed E-state index contributed by atoms with van der Waals surface area (Å²) >= 11 is 0. The molecule has 0 aliphatic carbocycles. The van der Waals surface area contributed by atoms with Gasteiger partial charge in [0.15, 0.2) is 0 Å². The molecule has 2 aliphatic rings. The van der Waals surface area contributed by atoms with Gasteiger partial charge in [0.05, 0.1) is 5.75 Å². The third-order valence-electron chi connectivity index (χ3n) is 4.89. The Kier molecular flexibility index (Phi) is 5.24. The molecule has 8 heteroatoms. The van der Waals surface area contributed by atoms with Crippen molar-refractivity contribution in [3.05, 3.63) is 12.4 Å². The molecule has 1 aromatic heterocycles. The molecule has 3 rings (SSSR count). The third kappa shape index (κ3) is 3.97. The van der Waals surface area contributed by atoms with Gasteiger partial charge < -0.3 is 10.2 Å². The van der Waals surface area contributed by atoms with Gasteiger partial charge in [-0.15, -0.1) is 0 Å². The van der Waals surface area contributed by atoms with Crippen LogP contribution in [-0.4, -0.2) is 61.2 Å². The second-order valence-electron chi connectivity index (χ2n) is 6.92. The Morgan fingerprint density at radius 3 is 2.79 bits per heavy atom. The van der Waals surface area contributed by atoms with Crippen molar-refractivity contribution in [2.45, 2.75) is 26.7 Å². The Morgan fingerprint density at radius 2 is 2.08 bits per heavy atom. The van der Waals surface area contributed by atoms with E-state index in [0.29, 0.717) is 24.9 Å². The highest BCUT2D eigenvalue weighted by Gasteiger charge is 2.34. The van der Waals surface area contributed by atoms with E-state index < -0.39 is 10.0 Å². The highest BCUT2D eigenvalue weighted by Crippen LogP contribution is 2.23. The quantitative estimate of drug-likeness (QED) is 0.833. The van der Waals surface area contributed by atoms with Gasteiger partial charge in [-0.3, -0.25) is 0 Å². The van der Waals surface area contributed by atoms with Crippen molar-refractivity contribution in [3.8, 4) is 0 Å². The molecule has 2 aliphatic heterocycles. The number of hydrogen-bond donors (Lipinski definition) is 1. The molecule has 1 unspecified atom stereocenters. The lowest BCUT2D eigenvalue weighted by molar-refractivity contribution is 0.212. The number of aromatic nitrogens is 2. The summed E-state index contributed by atoms with van der Waals surface area (Å²) in [5.74, 6) is 3.01. The van der Waals surface area contributed by atoms with Gasteiger partial charge in [0.1, 0.15) is 18.0 Å². The van der Waals surface area contributed by atoms with Crippen molar-refractivity contribution in [1.29, 1.82) is 0 Å². The highest BCUT2D eigenvalue weighted by atomic mass is 32.2. The van der Waals surface area contributed by atoms with Crippen molar-refractivity contribution in [2.75, 3.05) is 48.7 Å². The summed E-state index contributed by atoms with van der Waals surface area (Å²) in [5.41, 5.74) is 0. The summed E-state index contributed by atoms with van der Waals surface area (Å²) in [6, 6.07) is 2.00. The van der Waals surface area contributed by atoms with Crippen LogP contribution < -0.4 is 10.2 Å². The van der Waals surface area contributed by atoms with Gasteiger partial charge in [0.25, 0.3) is 0 Å². The van der Waals surface area contributed by atoms with Crippen molar-refractivity contribution in [1.82, 2.24) is 14.3 Å². The van der Waals surface area contributed by atoms with Crippen LogP contribution in [0.3, 0.4) is 0 Å². The lowest BCUT2D eigenvalue weighted by atomic mass is 10.0. The van der Waals surface area contributed by atoms with Crippen molar-refractivity contribution < 1.29 is 8.42 Å². The summed E-state index contributed by atoms with van der Waals surface area (Å²) in [5, 5.41) is 3.33. The minimum Gasteiger partial charge on any atom is -0.370 e. The number of piperidine rings is 1. The Morgan fingerprint density at radius 1 is 1.29 bits per heavy atom. The summed E-state index contributed by atoms with van der Waals surface area (Å²) < 4.78 is 25.0. The second-order valence-corrected chi connectivity index (χ2v) is 9.18. The SMILES string of the molecule is CCS(=O)(=O)N1CC(CNc2cc(N3CCCC(C)C3)ncn2)C1. The van der Waals surface area contributed by atoms with Gasteiger partial charge >= 0.3 is 0 Å². The van der Waals surface area contributed by atoms with Crippen molar-refractivity contribution in [2.24, 2.45) is 11.8 Å². The molecule has 0 amide bonds. The Hall–Kier alpha value is -1.41. The van der Waals surface area contributed by atoms with Gasteiger partial charge in [-0.05, 0) is 25.7 Å². The maximum absolute atomic E-state index is 11.7. The predicted octanol–water partition coefficient (Wildman–Crippen LogP) is 1.41. The fraction of sp³-hybridized carbons (Fsp3) is 0.750. The first-order valence-electron chi connectivity index (χ1n) is 8.76. The average Bonchev–Trinajstić information content (AvgIpc) is 2.53. The molecule has 0 radical (unpaired) electrons. The van der Waals surface area contributed by atoms with Crippen LogP contribution in [0.5, 0.6) is 0 Å². The third-order valence-corrected chi connectivity index (χ3v) is 6.70. The zero-order valence-electron chi connectivity index (χ0n) is 14.5. The molecule has 0 bridgehead atoms. The van der Waals surface area contributed by atoms with Crippen LogP contribution in [0.2, 0.25) is 0 Å². The molecule has 134 valence electrons. The molecular weight excluding hydrogens is 326 g/mol. The van der Waals surface area contributed by atoms with Gasteiger partial charge in [0.2, 0.25) is 10.0 Å². The van der Waals surface area contributed by atoms with E-state index in [0.717, 1.165) is 31.3 Å². The molecule has 24 heavy (non-hydrogen) atoms. The van der Waals surface area contributed by atoms with E-state index in [1.807, 2.05) is 6.07 Å². The maximum Gasteiger partial charge on any atom is 0.213 e. The first-order chi connectivity index (χ1) is 11.5. The van der Waals surface area contributed by atoms with E-state index in [4.69, 9.17) is 0 Å². The van der Waals surface area contributed by atoms with Crippen LogP contribution in [0.1, 0.15) is 26.7 Å². The van der Waals surface area contributed by atoms with Crippen LogP contribution in [0.25, 0.3) is 0 Å². The fourth-order valence-electron chi connectivity index (χ4n) is 3.32. The minimum atomic E-state index is -3.03. The summed E-state index contributed by atoms with van der Waals surface area (Å²) in [6.45, 7) is 8.00. The van der Waals surface area contributed by atoms with E-state index in [1.165, 1.54) is 12.8 Å². The second kappa shape index (κ2) is 7.23. The molecule has 0 spiro atoms. The minimum absolute atomic E-state index is 0.177. The zero-order valence-corrected chi connectivity index (χ0v) is 15.3. The molecule has 0 aromatic carbocycles. The standard InChI is InChI=1S/C16H27N5O2S/c1-3-24(22,23)21-10-14(11-21)8-17-15-7-16(19-12-18-15)20-6-4-5-13(2)9-20/h7,12-14H,3-6,8-11H2,1-2H3,(H,17,18,19). The number of anilines is 2. The largest absolute Gasteiger partial charge is 0.370 e. The molecule has 0 saturated carbocycles. The van der Waals surface area contributed by atoms with E-state index in [9.17, 15) is 8.42 Å². The molecule has 7 nitrogen and oxygen atoms in total. The monoisotopic (exact) mass is 353 g/mol. The van der Waals surface area contributed by atoms with Gasteiger partial charge in [-0.2, -0.15) is 0 Å². The van der Waals surface area contributed by atoms with Crippen LogP contribution in [0, 0.1) is 11.8 Å². The van der Waals surface area contributed by atoms with Gasteiger partial charge in [0, 0.05) is 44.7 Å².